The van der Waals surface area contributed by atoms with E-state index in [4.69, 9.17) is 5.11 Å². The molecule has 1 aromatic heterocycles. The molecule has 0 aliphatic rings. The van der Waals surface area contributed by atoms with E-state index >= 15 is 0 Å². The first-order valence-corrected chi connectivity index (χ1v) is 7.62. The average molecular weight is 296 g/mol. The van der Waals surface area contributed by atoms with E-state index in [0.717, 1.165) is 24.4 Å². The number of hydrogen-bond acceptors (Lipinski definition) is 3. The number of carbonyl (C=O) groups excluding carboxylic acids is 1. The van der Waals surface area contributed by atoms with Crippen LogP contribution in [-0.4, -0.2) is 40.1 Å². The van der Waals surface area contributed by atoms with Crippen LogP contribution in [0.25, 0.3) is 0 Å². The zero-order chi connectivity index (χ0) is 15.8. The van der Waals surface area contributed by atoms with E-state index in [1.807, 2.05) is 31.5 Å². The Morgan fingerprint density at radius 1 is 1.48 bits per heavy atom. The summed E-state index contributed by atoms with van der Waals surface area (Å²) in [7, 11) is 0. The zero-order valence-corrected chi connectivity index (χ0v) is 13.5. The van der Waals surface area contributed by atoms with Crippen molar-refractivity contribution in [1.82, 2.24) is 20.4 Å². The van der Waals surface area contributed by atoms with Crippen LogP contribution in [0, 0.1) is 19.8 Å². The van der Waals surface area contributed by atoms with E-state index in [2.05, 4.69) is 22.7 Å². The van der Waals surface area contributed by atoms with E-state index in [1.54, 1.807) is 0 Å². The van der Waals surface area contributed by atoms with Gasteiger partial charge in [-0.2, -0.15) is 5.10 Å². The molecule has 0 aliphatic heterocycles. The first kappa shape index (κ1) is 17.5. The molecule has 0 saturated heterocycles. The number of aliphatic hydroxyl groups is 1. The highest BCUT2D eigenvalue weighted by Gasteiger charge is 2.12. The van der Waals surface area contributed by atoms with Gasteiger partial charge in [0.25, 0.3) is 0 Å². The van der Waals surface area contributed by atoms with Crippen molar-refractivity contribution >= 4 is 6.03 Å². The fourth-order valence-corrected chi connectivity index (χ4v) is 2.26. The van der Waals surface area contributed by atoms with Gasteiger partial charge < -0.3 is 15.7 Å². The number of aryl methyl sites for hydroxylation is 2. The van der Waals surface area contributed by atoms with Gasteiger partial charge in [-0.15, -0.1) is 0 Å². The second kappa shape index (κ2) is 8.67. The van der Waals surface area contributed by atoms with Gasteiger partial charge in [-0.25, -0.2) is 4.79 Å². The van der Waals surface area contributed by atoms with Gasteiger partial charge in [0.15, 0.2) is 0 Å². The number of nitrogens with zero attached hydrogens (tertiary/aromatic N) is 2. The van der Waals surface area contributed by atoms with Crippen LogP contribution in [0.2, 0.25) is 0 Å². The van der Waals surface area contributed by atoms with Crippen molar-refractivity contribution in [2.24, 2.45) is 5.92 Å². The van der Waals surface area contributed by atoms with Crippen LogP contribution in [0.1, 0.15) is 38.1 Å². The Kier molecular flexibility index (Phi) is 7.22. The van der Waals surface area contributed by atoms with Crippen LogP contribution >= 0.6 is 0 Å². The summed E-state index contributed by atoms with van der Waals surface area (Å²) in [5.41, 5.74) is 2.15. The third-order valence-corrected chi connectivity index (χ3v) is 3.50. The van der Waals surface area contributed by atoms with Crippen molar-refractivity contribution in [3.63, 3.8) is 0 Å². The summed E-state index contributed by atoms with van der Waals surface area (Å²) in [6, 6.07) is 1.91. The predicted molar refractivity (Wildman–Crippen MR) is 83.2 cm³/mol. The van der Waals surface area contributed by atoms with Gasteiger partial charge in [0.2, 0.25) is 0 Å². The van der Waals surface area contributed by atoms with Gasteiger partial charge in [-0.3, -0.25) is 4.68 Å². The number of rotatable bonds is 8. The minimum absolute atomic E-state index is 0.0290. The molecule has 6 heteroatoms. The maximum Gasteiger partial charge on any atom is 0.315 e. The molecule has 0 aromatic carbocycles. The molecule has 120 valence electrons. The molecule has 1 rings (SSSR count). The Labute approximate surface area is 126 Å². The summed E-state index contributed by atoms with van der Waals surface area (Å²) in [6.45, 7) is 9.56. The van der Waals surface area contributed by atoms with Crippen molar-refractivity contribution in [3.8, 4) is 0 Å². The van der Waals surface area contributed by atoms with E-state index in [0.29, 0.717) is 18.9 Å². The zero-order valence-electron chi connectivity index (χ0n) is 13.5. The molecule has 0 spiro atoms. The Bertz CT molecular complexity index is 445. The highest BCUT2D eigenvalue weighted by Crippen LogP contribution is 2.05. The lowest BCUT2D eigenvalue weighted by Crippen LogP contribution is -2.43. The Morgan fingerprint density at radius 2 is 2.19 bits per heavy atom. The van der Waals surface area contributed by atoms with Gasteiger partial charge in [0, 0.05) is 31.4 Å². The molecule has 3 N–H and O–H groups in total. The standard InChI is InChI=1S/C15H28N4O2/c1-5-14(6-7-20)17-15(21)16-9-11(2)10-19-13(4)8-12(3)18-19/h8,11,14,20H,5-7,9-10H2,1-4H3,(H2,16,17,21). The van der Waals surface area contributed by atoms with Crippen molar-refractivity contribution in [2.75, 3.05) is 13.2 Å². The summed E-state index contributed by atoms with van der Waals surface area (Å²) in [5, 5.41) is 19.1. The van der Waals surface area contributed by atoms with E-state index in [9.17, 15) is 4.79 Å². The number of carbonyl (C=O) groups is 1. The Hall–Kier alpha value is -1.56. The number of urea groups is 1. The largest absolute Gasteiger partial charge is 0.396 e. The van der Waals surface area contributed by atoms with E-state index in [-0.39, 0.29) is 18.7 Å². The number of hydrogen-bond donors (Lipinski definition) is 3. The topological polar surface area (TPSA) is 79.2 Å². The van der Waals surface area contributed by atoms with Crippen LogP contribution in [0.5, 0.6) is 0 Å². The molecule has 0 aliphatic carbocycles. The molecule has 2 unspecified atom stereocenters. The summed E-state index contributed by atoms with van der Waals surface area (Å²) in [5.74, 6) is 0.298. The molecule has 0 fully saturated rings. The van der Waals surface area contributed by atoms with Crippen molar-refractivity contribution in [2.45, 2.75) is 53.1 Å². The molecule has 2 amide bonds. The average Bonchev–Trinajstić information content (AvgIpc) is 2.74. The maximum absolute atomic E-state index is 11.8. The van der Waals surface area contributed by atoms with Crippen LogP contribution in [-0.2, 0) is 6.54 Å². The van der Waals surface area contributed by atoms with Crippen molar-refractivity contribution in [1.29, 1.82) is 0 Å². The first-order valence-electron chi connectivity index (χ1n) is 7.62. The lowest BCUT2D eigenvalue weighted by molar-refractivity contribution is 0.226. The highest BCUT2D eigenvalue weighted by molar-refractivity contribution is 5.74. The monoisotopic (exact) mass is 296 g/mol. The highest BCUT2D eigenvalue weighted by atomic mass is 16.3. The van der Waals surface area contributed by atoms with E-state index < -0.39 is 0 Å². The SMILES string of the molecule is CCC(CCO)NC(=O)NCC(C)Cn1nc(C)cc1C. The summed E-state index contributed by atoms with van der Waals surface area (Å²) >= 11 is 0. The molecule has 0 radical (unpaired) electrons. The van der Waals surface area contributed by atoms with E-state index in [1.165, 1.54) is 0 Å². The van der Waals surface area contributed by atoms with Crippen molar-refractivity contribution < 1.29 is 9.90 Å². The van der Waals surface area contributed by atoms with Crippen LogP contribution < -0.4 is 10.6 Å². The molecule has 6 nitrogen and oxygen atoms in total. The summed E-state index contributed by atoms with van der Waals surface area (Å²) in [4.78, 5) is 11.8. The smallest absolute Gasteiger partial charge is 0.315 e. The fraction of sp³-hybridized carbons (Fsp3) is 0.733. The van der Waals surface area contributed by atoms with Gasteiger partial charge in [0.05, 0.1) is 5.69 Å². The third kappa shape index (κ3) is 6.16. The van der Waals surface area contributed by atoms with Gasteiger partial charge >= 0.3 is 6.03 Å². The quantitative estimate of drug-likeness (QED) is 0.681. The summed E-state index contributed by atoms with van der Waals surface area (Å²) in [6.07, 6.45) is 1.40. The number of nitrogens with one attached hydrogen (secondary N) is 2. The molecule has 21 heavy (non-hydrogen) atoms. The molecule has 1 aromatic rings. The lowest BCUT2D eigenvalue weighted by atomic mass is 10.1. The molecular formula is C15H28N4O2. The Balaban J connectivity index is 2.33. The second-order valence-electron chi connectivity index (χ2n) is 5.69. The molecular weight excluding hydrogens is 268 g/mol. The van der Waals surface area contributed by atoms with Gasteiger partial charge in [-0.1, -0.05) is 13.8 Å². The van der Waals surface area contributed by atoms with Gasteiger partial charge in [0.1, 0.15) is 0 Å². The second-order valence-corrected chi connectivity index (χ2v) is 5.69. The normalized spacial score (nSPS) is 13.8. The fourth-order valence-electron chi connectivity index (χ4n) is 2.26. The molecule has 0 saturated carbocycles. The minimum atomic E-state index is -0.171. The number of aromatic nitrogens is 2. The minimum Gasteiger partial charge on any atom is -0.396 e. The van der Waals surface area contributed by atoms with Crippen molar-refractivity contribution in [3.05, 3.63) is 17.5 Å². The van der Waals surface area contributed by atoms with Gasteiger partial charge in [-0.05, 0) is 38.7 Å². The molecule has 1 heterocycles. The first-order chi connectivity index (χ1) is 9.96. The van der Waals surface area contributed by atoms with Crippen LogP contribution in [0.4, 0.5) is 4.79 Å². The predicted octanol–water partition coefficient (Wildman–Crippen LogP) is 1.60. The van der Waals surface area contributed by atoms with Crippen LogP contribution in [0.15, 0.2) is 6.07 Å². The number of aliphatic hydroxyl groups excluding tert-OH is 1. The molecule has 0 bridgehead atoms. The molecule has 2 atom stereocenters. The van der Waals surface area contributed by atoms with Crippen LogP contribution in [0.3, 0.4) is 0 Å². The lowest BCUT2D eigenvalue weighted by Gasteiger charge is -2.18. The number of amides is 2. The Morgan fingerprint density at radius 3 is 2.71 bits per heavy atom. The summed E-state index contributed by atoms with van der Waals surface area (Å²) < 4.78 is 1.97. The third-order valence-electron chi connectivity index (χ3n) is 3.50. The maximum atomic E-state index is 11.8.